The van der Waals surface area contributed by atoms with Crippen LogP contribution in [0.3, 0.4) is 0 Å². The normalized spacial score (nSPS) is 16.5. The monoisotopic (exact) mass is 407 g/mol. The fourth-order valence-corrected chi connectivity index (χ4v) is 3.49. The molecule has 0 aromatic heterocycles. The van der Waals surface area contributed by atoms with Gasteiger partial charge in [-0.2, -0.15) is 0 Å². The Kier molecular flexibility index (Phi) is 6.70. The van der Waals surface area contributed by atoms with E-state index in [-0.39, 0.29) is 4.32 Å². The van der Waals surface area contributed by atoms with E-state index in [1.54, 1.807) is 6.08 Å². The summed E-state index contributed by atoms with van der Waals surface area (Å²) in [6.45, 7) is 1.50. The van der Waals surface area contributed by atoms with E-state index >= 15 is 0 Å². The second kappa shape index (κ2) is 8.78. The number of hydrogen-bond donors (Lipinski definition) is 3. The van der Waals surface area contributed by atoms with Crippen molar-refractivity contribution >= 4 is 58.1 Å². The zero-order chi connectivity index (χ0) is 20.1. The Morgan fingerprint density at radius 3 is 2.52 bits per heavy atom. The molecular formula is C17H17N3O5S2. The van der Waals surface area contributed by atoms with Crippen LogP contribution < -0.4 is 11.1 Å². The number of nitrogens with zero attached hydrogens (tertiary/aromatic N) is 1. The molecule has 1 heterocycles. The Morgan fingerprint density at radius 1 is 1.33 bits per heavy atom. The summed E-state index contributed by atoms with van der Waals surface area (Å²) in [5.41, 5.74) is 6.87. The van der Waals surface area contributed by atoms with Gasteiger partial charge in [0.05, 0.1) is 11.3 Å². The largest absolute Gasteiger partial charge is 0.480 e. The van der Waals surface area contributed by atoms with Crippen molar-refractivity contribution in [3.05, 3.63) is 40.3 Å². The molecule has 1 aromatic carbocycles. The van der Waals surface area contributed by atoms with Crippen LogP contribution in [0.1, 0.15) is 17.5 Å². The van der Waals surface area contributed by atoms with E-state index in [4.69, 9.17) is 23.1 Å². The number of carbonyl (C=O) groups excluding carboxylic acids is 3. The van der Waals surface area contributed by atoms with Gasteiger partial charge in [-0.1, -0.05) is 53.8 Å². The quantitative estimate of drug-likeness (QED) is 0.447. The molecule has 1 aliphatic heterocycles. The smallest absolute Gasteiger partial charge is 0.326 e. The van der Waals surface area contributed by atoms with Crippen LogP contribution in [0.25, 0.3) is 6.08 Å². The van der Waals surface area contributed by atoms with Gasteiger partial charge in [0.15, 0.2) is 0 Å². The van der Waals surface area contributed by atoms with Crippen LogP contribution >= 0.6 is 24.0 Å². The Balaban J connectivity index is 2.06. The highest BCUT2D eigenvalue weighted by atomic mass is 32.2. The number of primary amides is 1. The van der Waals surface area contributed by atoms with Gasteiger partial charge in [0, 0.05) is 0 Å². The van der Waals surface area contributed by atoms with Gasteiger partial charge in [0.2, 0.25) is 11.8 Å². The fraction of sp³-hybridized carbons (Fsp3) is 0.235. The van der Waals surface area contributed by atoms with Gasteiger partial charge in [-0.05, 0) is 18.6 Å². The zero-order valence-electron chi connectivity index (χ0n) is 14.3. The number of aryl methyl sites for hydroxylation is 1. The van der Waals surface area contributed by atoms with Crippen LogP contribution in [0.15, 0.2) is 29.2 Å². The first kappa shape index (κ1) is 20.6. The predicted molar refractivity (Wildman–Crippen MR) is 104 cm³/mol. The van der Waals surface area contributed by atoms with Gasteiger partial charge in [0.1, 0.15) is 16.9 Å². The minimum atomic E-state index is -1.46. The van der Waals surface area contributed by atoms with E-state index in [0.29, 0.717) is 4.91 Å². The third kappa shape index (κ3) is 5.63. The van der Waals surface area contributed by atoms with Crippen molar-refractivity contribution < 1.29 is 24.3 Å². The Hall–Kier alpha value is -2.72. The summed E-state index contributed by atoms with van der Waals surface area (Å²) in [5.74, 6) is -3.46. The number of thiocarbonyl (C=S) groups is 1. The lowest BCUT2D eigenvalue weighted by atomic mass is 10.1. The van der Waals surface area contributed by atoms with Crippen LogP contribution in [-0.2, 0) is 19.2 Å². The molecule has 4 N–H and O–H groups in total. The van der Waals surface area contributed by atoms with Gasteiger partial charge < -0.3 is 16.2 Å². The average Bonchev–Trinajstić information content (AvgIpc) is 2.83. The molecule has 0 radical (unpaired) electrons. The Morgan fingerprint density at radius 2 is 1.96 bits per heavy atom. The van der Waals surface area contributed by atoms with Crippen molar-refractivity contribution in [1.82, 2.24) is 10.2 Å². The van der Waals surface area contributed by atoms with E-state index in [0.717, 1.165) is 27.8 Å². The van der Waals surface area contributed by atoms with Gasteiger partial charge in [-0.25, -0.2) is 4.79 Å². The van der Waals surface area contributed by atoms with Gasteiger partial charge >= 0.3 is 5.97 Å². The van der Waals surface area contributed by atoms with Crippen molar-refractivity contribution in [2.45, 2.75) is 19.4 Å². The standard InChI is InChI=1S/C17H17N3O5S2/c1-9-2-4-10(5-3-9)6-12-15(23)20(17(26)27-12)8-14(22)19-11(16(24)25)7-13(18)21/h2-6,11H,7-8H2,1H3,(H2,18,21)(H,19,22)(H,24,25)/b12-6+/t11-/m0/s1. The first-order valence-electron chi connectivity index (χ1n) is 7.80. The molecule has 27 heavy (non-hydrogen) atoms. The number of benzene rings is 1. The van der Waals surface area contributed by atoms with E-state index in [1.807, 2.05) is 31.2 Å². The summed E-state index contributed by atoms with van der Waals surface area (Å²) < 4.78 is 0.190. The number of thioether (sulfide) groups is 1. The number of rotatable bonds is 7. The van der Waals surface area contributed by atoms with E-state index in [1.165, 1.54) is 0 Å². The van der Waals surface area contributed by atoms with Crippen molar-refractivity contribution in [3.63, 3.8) is 0 Å². The number of carboxylic acids is 1. The molecule has 2 rings (SSSR count). The SMILES string of the molecule is Cc1ccc(/C=C2/SC(=S)N(CC(=O)N[C@@H](CC(N)=O)C(=O)O)C2=O)cc1. The highest BCUT2D eigenvalue weighted by Crippen LogP contribution is 2.32. The first-order chi connectivity index (χ1) is 12.7. The minimum absolute atomic E-state index is 0.190. The van der Waals surface area contributed by atoms with Crippen molar-refractivity contribution in [2.24, 2.45) is 5.73 Å². The maximum absolute atomic E-state index is 12.5. The maximum atomic E-state index is 12.5. The van der Waals surface area contributed by atoms with Gasteiger partial charge in [0.25, 0.3) is 5.91 Å². The number of nitrogens with two attached hydrogens (primary N) is 1. The lowest BCUT2D eigenvalue weighted by molar-refractivity contribution is -0.143. The highest BCUT2D eigenvalue weighted by molar-refractivity contribution is 8.26. The molecule has 1 fully saturated rings. The molecule has 3 amide bonds. The molecule has 1 aliphatic rings. The molecule has 1 aromatic rings. The van der Waals surface area contributed by atoms with Crippen LogP contribution in [0, 0.1) is 6.92 Å². The molecule has 1 saturated heterocycles. The predicted octanol–water partition coefficient (Wildman–Crippen LogP) is 0.641. The summed E-state index contributed by atoms with van der Waals surface area (Å²) >= 11 is 6.20. The topological polar surface area (TPSA) is 130 Å². The number of amides is 3. The summed E-state index contributed by atoms with van der Waals surface area (Å²) in [4.78, 5) is 48.0. The molecule has 0 bridgehead atoms. The molecule has 10 heteroatoms. The van der Waals surface area contributed by atoms with E-state index in [2.05, 4.69) is 5.32 Å². The second-order valence-electron chi connectivity index (χ2n) is 5.81. The molecule has 0 saturated carbocycles. The molecule has 142 valence electrons. The van der Waals surface area contributed by atoms with Crippen molar-refractivity contribution in [3.8, 4) is 0 Å². The molecule has 0 unspecified atom stereocenters. The Labute approximate surface area is 164 Å². The summed E-state index contributed by atoms with van der Waals surface area (Å²) in [6, 6.07) is 6.07. The van der Waals surface area contributed by atoms with Crippen LogP contribution in [0.4, 0.5) is 0 Å². The van der Waals surface area contributed by atoms with Crippen LogP contribution in [-0.4, -0.2) is 50.6 Å². The number of nitrogens with one attached hydrogen (secondary N) is 1. The molecule has 0 aliphatic carbocycles. The number of carboxylic acid groups (broad SMARTS) is 1. The first-order valence-corrected chi connectivity index (χ1v) is 9.02. The zero-order valence-corrected chi connectivity index (χ0v) is 15.9. The average molecular weight is 407 g/mol. The van der Waals surface area contributed by atoms with E-state index in [9.17, 15) is 19.2 Å². The Bertz CT molecular complexity index is 835. The highest BCUT2D eigenvalue weighted by Gasteiger charge is 2.34. The summed E-state index contributed by atoms with van der Waals surface area (Å²) in [6.07, 6.45) is 1.12. The number of aliphatic carboxylic acids is 1. The number of carbonyl (C=O) groups is 4. The van der Waals surface area contributed by atoms with Crippen LogP contribution in [0.5, 0.6) is 0 Å². The third-order valence-corrected chi connectivity index (χ3v) is 4.97. The lowest BCUT2D eigenvalue weighted by Gasteiger charge is -2.17. The van der Waals surface area contributed by atoms with E-state index < -0.39 is 42.7 Å². The van der Waals surface area contributed by atoms with Gasteiger partial charge in [-0.15, -0.1) is 0 Å². The molecular weight excluding hydrogens is 390 g/mol. The summed E-state index contributed by atoms with van der Waals surface area (Å²) in [7, 11) is 0. The van der Waals surface area contributed by atoms with Crippen molar-refractivity contribution in [1.29, 1.82) is 0 Å². The third-order valence-electron chi connectivity index (χ3n) is 3.59. The summed E-state index contributed by atoms with van der Waals surface area (Å²) in [5, 5.41) is 11.2. The van der Waals surface area contributed by atoms with Gasteiger partial charge in [-0.3, -0.25) is 19.3 Å². The molecule has 0 spiro atoms. The minimum Gasteiger partial charge on any atom is -0.480 e. The molecule has 8 nitrogen and oxygen atoms in total. The lowest BCUT2D eigenvalue weighted by Crippen LogP contribution is -2.47. The molecule has 1 atom stereocenters. The maximum Gasteiger partial charge on any atom is 0.326 e. The van der Waals surface area contributed by atoms with Crippen LogP contribution in [0.2, 0.25) is 0 Å². The second-order valence-corrected chi connectivity index (χ2v) is 7.48. The fourth-order valence-electron chi connectivity index (χ4n) is 2.24. The number of hydrogen-bond acceptors (Lipinski definition) is 6. The van der Waals surface area contributed by atoms with Crippen molar-refractivity contribution in [2.75, 3.05) is 6.54 Å².